The van der Waals surface area contributed by atoms with E-state index in [1.807, 2.05) is 0 Å². The van der Waals surface area contributed by atoms with Crippen LogP contribution < -0.4 is 5.56 Å². The predicted molar refractivity (Wildman–Crippen MR) is 89.3 cm³/mol. The molecular formula is C14H18N4O3S2. The van der Waals surface area contributed by atoms with Gasteiger partial charge in [-0.3, -0.25) is 9.89 Å². The van der Waals surface area contributed by atoms with Gasteiger partial charge >= 0.3 is 0 Å². The molecule has 3 rings (SSSR count). The Morgan fingerprint density at radius 2 is 2.04 bits per heavy atom. The lowest BCUT2D eigenvalue weighted by Crippen LogP contribution is -2.30. The molecule has 0 unspecified atom stereocenters. The number of hydrogen-bond acceptors (Lipinski definition) is 5. The summed E-state index contributed by atoms with van der Waals surface area (Å²) in [4.78, 5) is 16.6. The van der Waals surface area contributed by atoms with Gasteiger partial charge in [0.05, 0.1) is 11.3 Å². The molecule has 23 heavy (non-hydrogen) atoms. The van der Waals surface area contributed by atoms with Crippen LogP contribution in [0, 0.1) is 0 Å². The summed E-state index contributed by atoms with van der Waals surface area (Å²) in [7, 11) is -3.54. The minimum atomic E-state index is -3.54. The highest BCUT2D eigenvalue weighted by Gasteiger charge is 2.23. The van der Waals surface area contributed by atoms with Crippen LogP contribution in [0.4, 0.5) is 0 Å². The molecule has 0 bridgehead atoms. The topological polar surface area (TPSA) is 88.1 Å². The number of pyridine rings is 1. The largest absolute Gasteiger partial charge is 0.292 e. The molecule has 0 saturated heterocycles. The van der Waals surface area contributed by atoms with Crippen molar-refractivity contribution >= 4 is 21.8 Å². The van der Waals surface area contributed by atoms with E-state index >= 15 is 0 Å². The predicted octanol–water partition coefficient (Wildman–Crippen LogP) is 1.34. The van der Waals surface area contributed by atoms with E-state index in [2.05, 4.69) is 10.1 Å². The first-order valence-corrected chi connectivity index (χ1v) is 9.95. The molecule has 3 heterocycles. The van der Waals surface area contributed by atoms with Crippen LogP contribution in [0.1, 0.15) is 25.1 Å². The molecule has 0 radical (unpaired) electrons. The summed E-state index contributed by atoms with van der Waals surface area (Å²) < 4.78 is 27.6. The number of nitrogens with one attached hydrogen (secondary N) is 1. The fourth-order valence-electron chi connectivity index (χ4n) is 2.57. The zero-order valence-electron chi connectivity index (χ0n) is 12.9. The quantitative estimate of drug-likeness (QED) is 0.875. The van der Waals surface area contributed by atoms with Crippen molar-refractivity contribution in [3.8, 4) is 5.82 Å². The van der Waals surface area contributed by atoms with Crippen LogP contribution in [0.5, 0.6) is 0 Å². The third-order valence-corrected chi connectivity index (χ3v) is 6.88. The number of hydrogen-bond donors (Lipinski definition) is 1. The van der Waals surface area contributed by atoms with Gasteiger partial charge in [-0.25, -0.2) is 18.1 Å². The average Bonchev–Trinajstić information content (AvgIpc) is 3.12. The van der Waals surface area contributed by atoms with Crippen LogP contribution in [-0.4, -0.2) is 40.6 Å². The molecule has 0 amide bonds. The summed E-state index contributed by atoms with van der Waals surface area (Å²) in [6.07, 6.45) is 1.30. The second-order valence-electron chi connectivity index (χ2n) is 5.14. The Kier molecular flexibility index (Phi) is 4.35. The second kappa shape index (κ2) is 6.14. The maximum Gasteiger partial charge on any atom is 0.276 e. The van der Waals surface area contributed by atoms with E-state index in [0.29, 0.717) is 24.7 Å². The summed E-state index contributed by atoms with van der Waals surface area (Å²) in [5.74, 6) is 1.88. The molecule has 0 aliphatic carbocycles. The van der Waals surface area contributed by atoms with Crippen molar-refractivity contribution in [2.75, 3.05) is 13.1 Å². The van der Waals surface area contributed by atoms with Crippen molar-refractivity contribution in [1.82, 2.24) is 19.1 Å². The monoisotopic (exact) mass is 354 g/mol. The standard InChI is InChI=1S/C14H18N4O3S2/c1-3-17(4-2)23(20,21)10-5-6-13(15-7-10)18-14(19)11-8-22-9-12(11)16-18/h5-7,16H,3-4,8-9H2,1-2H3. The highest BCUT2D eigenvalue weighted by atomic mass is 32.2. The Labute approximate surface area is 138 Å². The number of nitrogens with zero attached hydrogens (tertiary/aromatic N) is 3. The summed E-state index contributed by atoms with van der Waals surface area (Å²) in [5, 5.41) is 3.04. The molecule has 124 valence electrons. The van der Waals surface area contributed by atoms with E-state index in [1.54, 1.807) is 31.7 Å². The van der Waals surface area contributed by atoms with Gasteiger partial charge in [0.2, 0.25) is 10.0 Å². The van der Waals surface area contributed by atoms with Crippen molar-refractivity contribution in [3.63, 3.8) is 0 Å². The maximum atomic E-state index is 12.4. The number of sulfonamides is 1. The van der Waals surface area contributed by atoms with Crippen LogP contribution in [0.3, 0.4) is 0 Å². The smallest absolute Gasteiger partial charge is 0.276 e. The Balaban J connectivity index is 1.96. The third-order valence-electron chi connectivity index (χ3n) is 3.86. The van der Waals surface area contributed by atoms with Gasteiger partial charge in [0.15, 0.2) is 5.82 Å². The SMILES string of the molecule is CCN(CC)S(=O)(=O)c1ccc(-n2[nH]c3c(c2=O)CSC3)nc1. The molecule has 0 aromatic carbocycles. The molecule has 1 aliphatic heterocycles. The van der Waals surface area contributed by atoms with Gasteiger partial charge < -0.3 is 0 Å². The molecule has 7 nitrogen and oxygen atoms in total. The number of H-pyrrole nitrogens is 1. The Hall–Kier alpha value is -1.58. The second-order valence-corrected chi connectivity index (χ2v) is 8.07. The molecular weight excluding hydrogens is 336 g/mol. The summed E-state index contributed by atoms with van der Waals surface area (Å²) in [6.45, 7) is 4.39. The lowest BCUT2D eigenvalue weighted by atomic mass is 10.3. The van der Waals surface area contributed by atoms with Gasteiger partial charge in [0.25, 0.3) is 5.56 Å². The molecule has 0 atom stereocenters. The van der Waals surface area contributed by atoms with Crippen LogP contribution in [0.15, 0.2) is 28.0 Å². The molecule has 9 heteroatoms. The minimum Gasteiger partial charge on any atom is -0.292 e. The molecule has 0 saturated carbocycles. The number of thioether (sulfide) groups is 1. The van der Waals surface area contributed by atoms with E-state index in [4.69, 9.17) is 0 Å². The average molecular weight is 354 g/mol. The molecule has 0 fully saturated rings. The number of aromatic amines is 1. The highest BCUT2D eigenvalue weighted by molar-refractivity contribution is 7.98. The van der Waals surface area contributed by atoms with Crippen LogP contribution in [-0.2, 0) is 21.5 Å². The van der Waals surface area contributed by atoms with Gasteiger partial charge in [0.1, 0.15) is 4.90 Å². The van der Waals surface area contributed by atoms with Crippen LogP contribution in [0.25, 0.3) is 5.82 Å². The Morgan fingerprint density at radius 1 is 1.30 bits per heavy atom. The normalized spacial score (nSPS) is 14.4. The van der Waals surface area contributed by atoms with Crippen molar-refractivity contribution < 1.29 is 8.42 Å². The summed E-state index contributed by atoms with van der Waals surface area (Å²) in [5.41, 5.74) is 1.58. The number of fused-ring (bicyclic) bond motifs is 1. The van der Waals surface area contributed by atoms with E-state index in [1.165, 1.54) is 21.3 Å². The van der Waals surface area contributed by atoms with Gasteiger partial charge in [0, 0.05) is 30.8 Å². The minimum absolute atomic E-state index is 0.114. The van der Waals surface area contributed by atoms with Crippen LogP contribution >= 0.6 is 11.8 Å². The summed E-state index contributed by atoms with van der Waals surface area (Å²) in [6, 6.07) is 3.04. The maximum absolute atomic E-state index is 12.4. The van der Waals surface area contributed by atoms with E-state index in [0.717, 1.165) is 17.0 Å². The van der Waals surface area contributed by atoms with E-state index in [9.17, 15) is 13.2 Å². The zero-order chi connectivity index (χ0) is 16.6. The van der Waals surface area contributed by atoms with Gasteiger partial charge in [-0.1, -0.05) is 13.8 Å². The zero-order valence-corrected chi connectivity index (χ0v) is 14.6. The molecule has 1 N–H and O–H groups in total. The number of aromatic nitrogens is 3. The first-order chi connectivity index (χ1) is 11.0. The third kappa shape index (κ3) is 2.73. The van der Waals surface area contributed by atoms with Crippen molar-refractivity contribution in [1.29, 1.82) is 0 Å². The Morgan fingerprint density at radius 3 is 2.61 bits per heavy atom. The van der Waals surface area contributed by atoms with Crippen molar-refractivity contribution in [3.05, 3.63) is 39.9 Å². The molecule has 2 aromatic rings. The first-order valence-electron chi connectivity index (χ1n) is 7.36. The van der Waals surface area contributed by atoms with Gasteiger partial charge in [-0.05, 0) is 12.1 Å². The lowest BCUT2D eigenvalue weighted by Gasteiger charge is -2.18. The lowest BCUT2D eigenvalue weighted by molar-refractivity contribution is 0.445. The van der Waals surface area contributed by atoms with Crippen LogP contribution in [0.2, 0.25) is 0 Å². The van der Waals surface area contributed by atoms with E-state index in [-0.39, 0.29) is 10.5 Å². The Bertz CT molecular complexity index is 864. The van der Waals surface area contributed by atoms with Gasteiger partial charge in [-0.2, -0.15) is 16.1 Å². The van der Waals surface area contributed by atoms with Crippen molar-refractivity contribution in [2.24, 2.45) is 0 Å². The fourth-order valence-corrected chi connectivity index (χ4v) is 5.02. The first kappa shape index (κ1) is 16.3. The molecule has 2 aromatic heterocycles. The summed E-state index contributed by atoms with van der Waals surface area (Å²) >= 11 is 1.69. The fraction of sp³-hybridized carbons (Fsp3) is 0.429. The van der Waals surface area contributed by atoms with Gasteiger partial charge in [-0.15, -0.1) is 0 Å². The molecule has 0 spiro atoms. The molecule has 1 aliphatic rings. The van der Waals surface area contributed by atoms with E-state index < -0.39 is 10.0 Å². The highest BCUT2D eigenvalue weighted by Crippen LogP contribution is 2.26. The van der Waals surface area contributed by atoms with Crippen molar-refractivity contribution in [2.45, 2.75) is 30.2 Å². The number of rotatable bonds is 5.